The highest BCUT2D eigenvalue weighted by Crippen LogP contribution is 2.33. The van der Waals surface area contributed by atoms with Crippen LogP contribution >= 0.6 is 15.9 Å². The van der Waals surface area contributed by atoms with Crippen molar-refractivity contribution in [2.45, 2.75) is 26.3 Å². The van der Waals surface area contributed by atoms with E-state index in [0.29, 0.717) is 5.69 Å². The SMILES string of the molecule is Cc1c(C(=O)N2c3ccccc3CC2C)nnn1-c1cccc(Br)c1. The molecule has 0 saturated carbocycles. The zero-order chi connectivity index (χ0) is 17.6. The normalized spacial score (nSPS) is 16.1. The molecule has 1 aliphatic heterocycles. The average Bonchev–Trinajstić information content (AvgIpc) is 3.13. The molecule has 126 valence electrons. The van der Waals surface area contributed by atoms with E-state index in [4.69, 9.17) is 0 Å². The highest BCUT2D eigenvalue weighted by atomic mass is 79.9. The Bertz CT molecular complexity index is 966. The van der Waals surface area contributed by atoms with Crippen LogP contribution in [0.25, 0.3) is 5.69 Å². The minimum atomic E-state index is -0.101. The zero-order valence-electron chi connectivity index (χ0n) is 14.0. The summed E-state index contributed by atoms with van der Waals surface area (Å²) < 4.78 is 2.65. The Morgan fingerprint density at radius 1 is 1.20 bits per heavy atom. The fourth-order valence-electron chi connectivity index (χ4n) is 3.37. The van der Waals surface area contributed by atoms with Crippen molar-refractivity contribution in [2.75, 3.05) is 4.90 Å². The molecular weight excluding hydrogens is 380 g/mol. The third-order valence-electron chi connectivity index (χ3n) is 4.58. The van der Waals surface area contributed by atoms with E-state index in [1.807, 2.05) is 54.3 Å². The van der Waals surface area contributed by atoms with Crippen LogP contribution in [0.1, 0.15) is 28.7 Å². The number of fused-ring (bicyclic) bond motifs is 1. The predicted octanol–water partition coefficient (Wildman–Crippen LogP) is 3.93. The summed E-state index contributed by atoms with van der Waals surface area (Å²) >= 11 is 3.46. The van der Waals surface area contributed by atoms with E-state index >= 15 is 0 Å². The van der Waals surface area contributed by atoms with Crippen molar-refractivity contribution < 1.29 is 4.79 Å². The van der Waals surface area contributed by atoms with Crippen molar-refractivity contribution >= 4 is 27.5 Å². The van der Waals surface area contributed by atoms with Gasteiger partial charge in [0.2, 0.25) is 0 Å². The van der Waals surface area contributed by atoms with Gasteiger partial charge in [-0.15, -0.1) is 5.10 Å². The predicted molar refractivity (Wildman–Crippen MR) is 100 cm³/mol. The van der Waals surface area contributed by atoms with Gasteiger partial charge in [-0.05, 0) is 50.1 Å². The number of amides is 1. The standard InChI is InChI=1S/C19H17BrN4O/c1-12-10-14-6-3-4-9-17(14)23(12)19(25)18-13(2)24(22-21-18)16-8-5-7-15(20)11-16/h3-9,11-12H,10H2,1-2H3. The molecule has 4 rings (SSSR count). The largest absolute Gasteiger partial charge is 0.304 e. The maximum atomic E-state index is 13.2. The van der Waals surface area contributed by atoms with Crippen molar-refractivity contribution in [1.82, 2.24) is 15.0 Å². The summed E-state index contributed by atoms with van der Waals surface area (Å²) in [5, 5.41) is 8.38. The van der Waals surface area contributed by atoms with Gasteiger partial charge in [-0.2, -0.15) is 0 Å². The number of rotatable bonds is 2. The molecule has 0 aliphatic carbocycles. The number of anilines is 1. The zero-order valence-corrected chi connectivity index (χ0v) is 15.6. The van der Waals surface area contributed by atoms with Gasteiger partial charge in [0.15, 0.2) is 5.69 Å². The van der Waals surface area contributed by atoms with Crippen LogP contribution in [0.5, 0.6) is 0 Å². The molecule has 0 spiro atoms. The van der Waals surface area contributed by atoms with Crippen molar-refractivity contribution in [1.29, 1.82) is 0 Å². The molecule has 1 aliphatic rings. The van der Waals surface area contributed by atoms with E-state index in [1.54, 1.807) is 4.68 Å². The molecule has 6 heteroatoms. The van der Waals surface area contributed by atoms with Crippen molar-refractivity contribution in [3.05, 3.63) is 70.0 Å². The number of hydrogen-bond acceptors (Lipinski definition) is 3. The van der Waals surface area contributed by atoms with Crippen LogP contribution < -0.4 is 4.90 Å². The third-order valence-corrected chi connectivity index (χ3v) is 5.07. The summed E-state index contributed by atoms with van der Waals surface area (Å²) in [7, 11) is 0. The Kier molecular flexibility index (Phi) is 3.92. The van der Waals surface area contributed by atoms with E-state index in [0.717, 1.165) is 28.0 Å². The first kappa shape index (κ1) is 16.0. The quantitative estimate of drug-likeness (QED) is 0.659. The Morgan fingerprint density at radius 2 is 2.00 bits per heavy atom. The van der Waals surface area contributed by atoms with Crippen molar-refractivity contribution in [3.8, 4) is 5.69 Å². The second-order valence-electron chi connectivity index (χ2n) is 6.27. The highest BCUT2D eigenvalue weighted by Gasteiger charge is 2.33. The van der Waals surface area contributed by atoms with Crippen LogP contribution in [0.15, 0.2) is 53.0 Å². The molecule has 2 aromatic carbocycles. The summed E-state index contributed by atoms with van der Waals surface area (Å²) in [6, 6.07) is 15.9. The van der Waals surface area contributed by atoms with Crippen LogP contribution in [0.2, 0.25) is 0 Å². The number of para-hydroxylation sites is 1. The van der Waals surface area contributed by atoms with Gasteiger partial charge in [0, 0.05) is 16.2 Å². The van der Waals surface area contributed by atoms with Gasteiger partial charge in [-0.1, -0.05) is 45.4 Å². The smallest absolute Gasteiger partial charge is 0.281 e. The van der Waals surface area contributed by atoms with Gasteiger partial charge in [0.25, 0.3) is 5.91 Å². The Labute approximate surface area is 154 Å². The number of nitrogens with zero attached hydrogens (tertiary/aromatic N) is 4. The van der Waals surface area contributed by atoms with E-state index < -0.39 is 0 Å². The first-order valence-electron chi connectivity index (χ1n) is 8.16. The van der Waals surface area contributed by atoms with E-state index in [1.165, 1.54) is 5.56 Å². The summed E-state index contributed by atoms with van der Waals surface area (Å²) in [6.07, 6.45) is 0.862. The van der Waals surface area contributed by atoms with E-state index in [-0.39, 0.29) is 11.9 Å². The summed E-state index contributed by atoms with van der Waals surface area (Å²) in [6.45, 7) is 3.94. The third kappa shape index (κ3) is 2.66. The molecule has 1 atom stereocenters. The number of carbonyl (C=O) groups is 1. The second kappa shape index (κ2) is 6.11. The second-order valence-corrected chi connectivity index (χ2v) is 7.19. The number of hydrogen-bond donors (Lipinski definition) is 0. The molecule has 0 saturated heterocycles. The maximum Gasteiger partial charge on any atom is 0.281 e. The average molecular weight is 397 g/mol. The van der Waals surface area contributed by atoms with Crippen molar-refractivity contribution in [2.24, 2.45) is 0 Å². The summed E-state index contributed by atoms with van der Waals surface area (Å²) in [4.78, 5) is 15.0. The molecule has 0 N–H and O–H groups in total. The first-order valence-corrected chi connectivity index (χ1v) is 8.95. The molecule has 1 unspecified atom stereocenters. The van der Waals surface area contributed by atoms with Gasteiger partial charge in [0.05, 0.1) is 11.4 Å². The molecule has 0 fully saturated rings. The van der Waals surface area contributed by atoms with Gasteiger partial charge in [0.1, 0.15) is 0 Å². The minimum Gasteiger partial charge on any atom is -0.304 e. The van der Waals surface area contributed by atoms with Crippen LogP contribution in [-0.2, 0) is 6.42 Å². The summed E-state index contributed by atoms with van der Waals surface area (Å²) in [5.41, 5.74) is 4.16. The molecule has 2 heterocycles. The van der Waals surface area contributed by atoms with Crippen LogP contribution in [0.3, 0.4) is 0 Å². The van der Waals surface area contributed by atoms with E-state index in [2.05, 4.69) is 39.2 Å². The van der Waals surface area contributed by atoms with Gasteiger partial charge in [-0.3, -0.25) is 4.79 Å². The van der Waals surface area contributed by atoms with Gasteiger partial charge in [-0.25, -0.2) is 4.68 Å². The molecule has 1 amide bonds. The Balaban J connectivity index is 1.73. The molecular formula is C19H17BrN4O. The molecule has 1 aromatic heterocycles. The molecule has 25 heavy (non-hydrogen) atoms. The molecule has 3 aromatic rings. The van der Waals surface area contributed by atoms with E-state index in [9.17, 15) is 4.79 Å². The molecule has 0 radical (unpaired) electrons. The number of carbonyl (C=O) groups excluding carboxylic acids is 1. The van der Waals surface area contributed by atoms with Crippen LogP contribution in [0.4, 0.5) is 5.69 Å². The lowest BCUT2D eigenvalue weighted by molar-refractivity contribution is 0.0976. The highest BCUT2D eigenvalue weighted by molar-refractivity contribution is 9.10. The fourth-order valence-corrected chi connectivity index (χ4v) is 3.76. The maximum absolute atomic E-state index is 13.2. The van der Waals surface area contributed by atoms with Crippen molar-refractivity contribution in [3.63, 3.8) is 0 Å². The Morgan fingerprint density at radius 3 is 2.80 bits per heavy atom. The van der Waals surface area contributed by atoms with Crippen LogP contribution in [-0.4, -0.2) is 26.9 Å². The lowest BCUT2D eigenvalue weighted by Crippen LogP contribution is -2.36. The Hall–Kier alpha value is -2.47. The number of aromatic nitrogens is 3. The molecule has 0 bridgehead atoms. The lowest BCUT2D eigenvalue weighted by Gasteiger charge is -2.21. The number of halogens is 1. The number of benzene rings is 2. The van der Waals surface area contributed by atoms with Gasteiger partial charge >= 0.3 is 0 Å². The summed E-state index contributed by atoms with van der Waals surface area (Å²) in [5.74, 6) is -0.101. The topological polar surface area (TPSA) is 51.0 Å². The van der Waals surface area contributed by atoms with Gasteiger partial charge < -0.3 is 4.90 Å². The van der Waals surface area contributed by atoms with Crippen LogP contribution in [0, 0.1) is 6.92 Å². The molecule has 5 nitrogen and oxygen atoms in total. The lowest BCUT2D eigenvalue weighted by atomic mass is 10.1. The fraction of sp³-hybridized carbons (Fsp3) is 0.211. The minimum absolute atomic E-state index is 0.101. The first-order chi connectivity index (χ1) is 12.1. The monoisotopic (exact) mass is 396 g/mol.